The molecule has 3 heterocycles. The number of nitrogens with one attached hydrogen (secondary N) is 1. The SMILES string of the molecule is COc1cc(OCc2ccc(C)nc2)ccc1-c1nc(-c2ccc(Cl)cn2)[nH]c1Cl. The Morgan fingerprint density at radius 3 is 2.57 bits per heavy atom. The first-order chi connectivity index (χ1) is 14.5. The Bertz CT molecular complexity index is 1160. The third-order valence-electron chi connectivity index (χ3n) is 4.44. The molecule has 0 aliphatic carbocycles. The van der Waals surface area contributed by atoms with Gasteiger partial charge >= 0.3 is 0 Å². The number of hydrogen-bond donors (Lipinski definition) is 1. The maximum Gasteiger partial charge on any atom is 0.157 e. The summed E-state index contributed by atoms with van der Waals surface area (Å²) in [6, 6.07) is 13.0. The molecule has 30 heavy (non-hydrogen) atoms. The van der Waals surface area contributed by atoms with Crippen LogP contribution in [0.15, 0.2) is 54.9 Å². The molecule has 3 aromatic heterocycles. The summed E-state index contributed by atoms with van der Waals surface area (Å²) in [5.41, 5.74) is 3.89. The van der Waals surface area contributed by atoms with Crippen molar-refractivity contribution in [3.05, 3.63) is 76.3 Å². The third-order valence-corrected chi connectivity index (χ3v) is 4.93. The molecule has 0 spiro atoms. The molecule has 0 aliphatic rings. The summed E-state index contributed by atoms with van der Waals surface area (Å²) in [4.78, 5) is 16.2. The number of H-pyrrole nitrogens is 1. The summed E-state index contributed by atoms with van der Waals surface area (Å²) < 4.78 is 11.4. The number of methoxy groups -OCH3 is 1. The molecule has 6 nitrogen and oxygen atoms in total. The average Bonchev–Trinajstić information content (AvgIpc) is 3.15. The van der Waals surface area contributed by atoms with Gasteiger partial charge < -0.3 is 14.5 Å². The van der Waals surface area contributed by atoms with Gasteiger partial charge in [-0.1, -0.05) is 29.3 Å². The summed E-state index contributed by atoms with van der Waals surface area (Å²) in [6.07, 6.45) is 3.36. The lowest BCUT2D eigenvalue weighted by Crippen LogP contribution is -1.97. The highest BCUT2D eigenvalue weighted by Gasteiger charge is 2.17. The Labute approximate surface area is 183 Å². The zero-order valence-electron chi connectivity index (χ0n) is 16.3. The smallest absolute Gasteiger partial charge is 0.157 e. The van der Waals surface area contributed by atoms with Gasteiger partial charge in [0.05, 0.1) is 12.1 Å². The molecule has 0 unspecified atom stereocenters. The molecule has 4 aromatic rings. The van der Waals surface area contributed by atoms with E-state index >= 15 is 0 Å². The Kier molecular flexibility index (Phi) is 5.88. The Morgan fingerprint density at radius 2 is 1.87 bits per heavy atom. The van der Waals surface area contributed by atoms with Gasteiger partial charge in [0.15, 0.2) is 5.82 Å². The lowest BCUT2D eigenvalue weighted by molar-refractivity contribution is 0.303. The predicted molar refractivity (Wildman–Crippen MR) is 117 cm³/mol. The summed E-state index contributed by atoms with van der Waals surface area (Å²) in [5.74, 6) is 1.81. The van der Waals surface area contributed by atoms with E-state index in [1.807, 2.05) is 37.3 Å². The van der Waals surface area contributed by atoms with Crippen molar-refractivity contribution in [2.24, 2.45) is 0 Å². The van der Waals surface area contributed by atoms with E-state index in [1.54, 1.807) is 31.6 Å². The molecule has 4 rings (SSSR count). The van der Waals surface area contributed by atoms with Crippen molar-refractivity contribution in [1.29, 1.82) is 0 Å². The van der Waals surface area contributed by atoms with Crippen LogP contribution in [0, 0.1) is 6.92 Å². The fraction of sp³-hybridized carbons (Fsp3) is 0.136. The van der Waals surface area contributed by atoms with Gasteiger partial charge in [-0.2, -0.15) is 0 Å². The number of imidazole rings is 1. The molecule has 0 amide bonds. The molecule has 0 aliphatic heterocycles. The molecule has 0 saturated carbocycles. The minimum absolute atomic E-state index is 0.388. The summed E-state index contributed by atoms with van der Waals surface area (Å²) in [6.45, 7) is 2.36. The zero-order valence-corrected chi connectivity index (χ0v) is 17.8. The number of benzene rings is 1. The van der Waals surface area contributed by atoms with E-state index in [2.05, 4.69) is 19.9 Å². The third kappa shape index (κ3) is 4.40. The number of aryl methyl sites for hydroxylation is 1. The van der Waals surface area contributed by atoms with Crippen LogP contribution in [0.4, 0.5) is 0 Å². The second kappa shape index (κ2) is 8.73. The van der Waals surface area contributed by atoms with Crippen LogP contribution in [0.1, 0.15) is 11.3 Å². The Morgan fingerprint density at radius 1 is 1.00 bits per heavy atom. The highest BCUT2D eigenvalue weighted by atomic mass is 35.5. The molecular formula is C22H18Cl2N4O2. The molecule has 152 valence electrons. The molecule has 8 heteroatoms. The van der Waals surface area contributed by atoms with Crippen molar-refractivity contribution < 1.29 is 9.47 Å². The maximum absolute atomic E-state index is 6.42. The van der Waals surface area contributed by atoms with Crippen molar-refractivity contribution in [3.63, 3.8) is 0 Å². The second-order valence-electron chi connectivity index (χ2n) is 6.57. The fourth-order valence-electron chi connectivity index (χ4n) is 2.88. The lowest BCUT2D eigenvalue weighted by atomic mass is 10.1. The summed E-state index contributed by atoms with van der Waals surface area (Å²) >= 11 is 12.3. The van der Waals surface area contributed by atoms with Crippen molar-refractivity contribution in [1.82, 2.24) is 19.9 Å². The van der Waals surface area contributed by atoms with E-state index in [0.29, 0.717) is 45.5 Å². The summed E-state index contributed by atoms with van der Waals surface area (Å²) in [7, 11) is 1.59. The van der Waals surface area contributed by atoms with Gasteiger partial charge in [-0.15, -0.1) is 0 Å². The number of halogens is 2. The first-order valence-electron chi connectivity index (χ1n) is 9.13. The first kappa shape index (κ1) is 20.2. The quantitative estimate of drug-likeness (QED) is 0.413. The molecule has 0 saturated heterocycles. The molecule has 0 atom stereocenters. The van der Waals surface area contributed by atoms with Gasteiger partial charge in [-0.3, -0.25) is 9.97 Å². The highest BCUT2D eigenvalue weighted by molar-refractivity contribution is 6.32. The maximum atomic E-state index is 6.42. The number of ether oxygens (including phenoxy) is 2. The second-order valence-corrected chi connectivity index (χ2v) is 7.38. The molecule has 1 aromatic carbocycles. The number of nitrogens with zero attached hydrogens (tertiary/aromatic N) is 3. The van der Waals surface area contributed by atoms with Crippen molar-refractivity contribution in [3.8, 4) is 34.3 Å². The number of aromatic nitrogens is 4. The van der Waals surface area contributed by atoms with Gasteiger partial charge in [0.2, 0.25) is 0 Å². The highest BCUT2D eigenvalue weighted by Crippen LogP contribution is 2.37. The van der Waals surface area contributed by atoms with Crippen LogP contribution in [-0.4, -0.2) is 27.0 Å². The van der Waals surface area contributed by atoms with Gasteiger partial charge in [0, 0.05) is 35.3 Å². The van der Waals surface area contributed by atoms with Crippen molar-refractivity contribution >= 4 is 23.2 Å². The minimum atomic E-state index is 0.388. The fourth-order valence-corrected chi connectivity index (χ4v) is 3.22. The summed E-state index contributed by atoms with van der Waals surface area (Å²) in [5, 5.41) is 0.940. The largest absolute Gasteiger partial charge is 0.496 e. The first-order valence-corrected chi connectivity index (χ1v) is 9.89. The van der Waals surface area contributed by atoms with E-state index in [9.17, 15) is 0 Å². The van der Waals surface area contributed by atoms with E-state index in [1.165, 1.54) is 0 Å². The van der Waals surface area contributed by atoms with Crippen molar-refractivity contribution in [2.75, 3.05) is 7.11 Å². The van der Waals surface area contributed by atoms with Crippen LogP contribution < -0.4 is 9.47 Å². The van der Waals surface area contributed by atoms with Gasteiger partial charge in [0.25, 0.3) is 0 Å². The van der Waals surface area contributed by atoms with Crippen LogP contribution >= 0.6 is 23.2 Å². The monoisotopic (exact) mass is 440 g/mol. The molecular weight excluding hydrogens is 423 g/mol. The van der Waals surface area contributed by atoms with Crippen LogP contribution in [0.3, 0.4) is 0 Å². The van der Waals surface area contributed by atoms with Gasteiger partial charge in [0.1, 0.15) is 34.6 Å². The predicted octanol–water partition coefficient (Wildman–Crippen LogP) is 5.74. The van der Waals surface area contributed by atoms with Crippen LogP contribution in [0.2, 0.25) is 10.2 Å². The zero-order chi connectivity index (χ0) is 21.1. The van der Waals surface area contributed by atoms with Crippen LogP contribution in [0.25, 0.3) is 22.8 Å². The standard InChI is InChI=1S/C22H18Cl2N4O2/c1-13-3-4-14(10-25-13)12-30-16-6-7-17(19(9-16)29-2)20-21(24)28-22(27-20)18-8-5-15(23)11-26-18/h3-11H,12H2,1-2H3,(H,27,28). The number of rotatable bonds is 6. The van der Waals surface area contributed by atoms with E-state index in [0.717, 1.165) is 16.8 Å². The van der Waals surface area contributed by atoms with E-state index < -0.39 is 0 Å². The Balaban J connectivity index is 1.58. The van der Waals surface area contributed by atoms with E-state index in [-0.39, 0.29) is 0 Å². The molecule has 0 bridgehead atoms. The molecule has 0 radical (unpaired) electrons. The number of aromatic amines is 1. The van der Waals surface area contributed by atoms with Crippen LogP contribution in [-0.2, 0) is 6.61 Å². The number of pyridine rings is 2. The van der Waals surface area contributed by atoms with E-state index in [4.69, 9.17) is 32.7 Å². The van der Waals surface area contributed by atoms with Gasteiger partial charge in [-0.25, -0.2) is 4.98 Å². The number of hydrogen-bond acceptors (Lipinski definition) is 5. The topological polar surface area (TPSA) is 72.9 Å². The average molecular weight is 441 g/mol. The van der Waals surface area contributed by atoms with Crippen molar-refractivity contribution in [2.45, 2.75) is 13.5 Å². The minimum Gasteiger partial charge on any atom is -0.496 e. The molecule has 0 fully saturated rings. The Hall–Kier alpha value is -3.09. The lowest BCUT2D eigenvalue weighted by Gasteiger charge is -2.11. The van der Waals surface area contributed by atoms with Gasteiger partial charge in [-0.05, 0) is 37.3 Å². The normalized spacial score (nSPS) is 10.8. The molecule has 1 N–H and O–H groups in total. The van der Waals surface area contributed by atoms with Crippen LogP contribution in [0.5, 0.6) is 11.5 Å².